The Balaban J connectivity index is 3.18. The highest BCUT2D eigenvalue weighted by atomic mass is 16.6. The molecule has 2 unspecified atom stereocenters. The lowest BCUT2D eigenvalue weighted by Crippen LogP contribution is -2.45. The fraction of sp³-hybridized carbons (Fsp3) is 0.500. The lowest BCUT2D eigenvalue weighted by molar-refractivity contribution is -0.384. The molecular formula is C14H20N2O5. The maximum absolute atomic E-state index is 10.9. The van der Waals surface area contributed by atoms with Crippen molar-refractivity contribution in [3.8, 4) is 0 Å². The van der Waals surface area contributed by atoms with E-state index >= 15 is 0 Å². The Bertz CT molecular complexity index is 507. The van der Waals surface area contributed by atoms with Gasteiger partial charge in [-0.05, 0) is 11.0 Å². The van der Waals surface area contributed by atoms with Crippen LogP contribution < -0.4 is 5.32 Å². The van der Waals surface area contributed by atoms with Crippen LogP contribution in [0.2, 0.25) is 0 Å². The predicted molar refractivity (Wildman–Crippen MR) is 77.3 cm³/mol. The van der Waals surface area contributed by atoms with Gasteiger partial charge < -0.3 is 15.5 Å². The summed E-state index contributed by atoms with van der Waals surface area (Å²) in [7, 11) is 0. The number of hydrogen-bond acceptors (Lipinski definition) is 4. The van der Waals surface area contributed by atoms with E-state index in [-0.39, 0.29) is 23.6 Å². The van der Waals surface area contributed by atoms with Gasteiger partial charge in [-0.3, -0.25) is 10.1 Å². The molecule has 1 amide bonds. The monoisotopic (exact) mass is 296 g/mol. The number of aliphatic hydroxyl groups is 1. The molecule has 0 heterocycles. The largest absolute Gasteiger partial charge is 0.465 e. The number of carboxylic acid groups (broad SMARTS) is 1. The second kappa shape index (κ2) is 6.53. The first-order valence-electron chi connectivity index (χ1n) is 6.51. The molecule has 3 N–H and O–H groups in total. The third kappa shape index (κ3) is 4.42. The highest BCUT2D eigenvalue weighted by Gasteiger charge is 2.34. The van der Waals surface area contributed by atoms with Gasteiger partial charge in [0, 0.05) is 18.1 Å². The van der Waals surface area contributed by atoms with E-state index in [4.69, 9.17) is 5.11 Å². The zero-order valence-electron chi connectivity index (χ0n) is 12.2. The van der Waals surface area contributed by atoms with Crippen molar-refractivity contribution in [3.05, 3.63) is 39.9 Å². The Labute approximate surface area is 122 Å². The summed E-state index contributed by atoms with van der Waals surface area (Å²) in [5, 5.41) is 31.4. The number of rotatable bonds is 5. The Morgan fingerprint density at radius 3 is 2.19 bits per heavy atom. The zero-order chi connectivity index (χ0) is 16.2. The first-order chi connectivity index (χ1) is 9.66. The number of aliphatic hydroxyl groups excluding tert-OH is 1. The number of nitrogens with one attached hydrogen (secondary N) is 1. The van der Waals surface area contributed by atoms with Gasteiger partial charge >= 0.3 is 6.09 Å². The highest BCUT2D eigenvalue weighted by molar-refractivity contribution is 5.65. The van der Waals surface area contributed by atoms with Crippen molar-refractivity contribution < 1.29 is 19.9 Å². The maximum Gasteiger partial charge on any atom is 0.404 e. The van der Waals surface area contributed by atoms with Crippen LogP contribution >= 0.6 is 0 Å². The summed E-state index contributed by atoms with van der Waals surface area (Å²) < 4.78 is 0. The topological polar surface area (TPSA) is 113 Å². The number of nitro groups is 1. The van der Waals surface area contributed by atoms with Crippen LogP contribution in [0.15, 0.2) is 24.3 Å². The van der Waals surface area contributed by atoms with Crippen LogP contribution in [-0.2, 0) is 0 Å². The predicted octanol–water partition coefficient (Wildman–Crippen LogP) is 2.35. The Morgan fingerprint density at radius 2 is 1.86 bits per heavy atom. The quantitative estimate of drug-likeness (QED) is 0.570. The van der Waals surface area contributed by atoms with E-state index in [1.807, 2.05) is 20.8 Å². The van der Waals surface area contributed by atoms with Crippen molar-refractivity contribution in [1.29, 1.82) is 0 Å². The van der Waals surface area contributed by atoms with E-state index in [2.05, 4.69) is 5.32 Å². The van der Waals surface area contributed by atoms with Crippen LogP contribution in [0.4, 0.5) is 10.5 Å². The molecule has 0 spiro atoms. The van der Waals surface area contributed by atoms with Crippen LogP contribution in [0.25, 0.3) is 0 Å². The van der Waals surface area contributed by atoms with Gasteiger partial charge in [0.2, 0.25) is 0 Å². The molecule has 116 valence electrons. The first-order valence-corrected chi connectivity index (χ1v) is 6.51. The SMILES string of the molecule is CC(C)(C)C(c1ccc([N+](=O)[O-])cc1)C(CO)NC(=O)O. The van der Waals surface area contributed by atoms with Crippen LogP contribution in [0, 0.1) is 15.5 Å². The number of hydrogen-bond donors (Lipinski definition) is 3. The minimum atomic E-state index is -1.22. The molecule has 0 radical (unpaired) electrons. The number of nitro benzene ring substituents is 1. The second-order valence-corrected chi connectivity index (χ2v) is 5.93. The molecule has 0 bridgehead atoms. The van der Waals surface area contributed by atoms with Gasteiger partial charge in [0.05, 0.1) is 17.6 Å². The van der Waals surface area contributed by atoms with Gasteiger partial charge in [0.25, 0.3) is 5.69 Å². The minimum Gasteiger partial charge on any atom is -0.465 e. The van der Waals surface area contributed by atoms with Gasteiger partial charge in [-0.15, -0.1) is 0 Å². The summed E-state index contributed by atoms with van der Waals surface area (Å²) >= 11 is 0. The molecule has 2 atom stereocenters. The van der Waals surface area contributed by atoms with Gasteiger partial charge in [0.1, 0.15) is 0 Å². The van der Waals surface area contributed by atoms with Crippen LogP contribution in [0.5, 0.6) is 0 Å². The summed E-state index contributed by atoms with van der Waals surface area (Å²) in [5.41, 5.74) is 0.366. The number of nitrogens with zero attached hydrogens (tertiary/aromatic N) is 1. The molecule has 7 heteroatoms. The molecular weight excluding hydrogens is 276 g/mol. The molecule has 1 rings (SSSR count). The Morgan fingerprint density at radius 1 is 1.33 bits per heavy atom. The highest BCUT2D eigenvalue weighted by Crippen LogP contribution is 2.38. The number of benzene rings is 1. The molecule has 0 fully saturated rings. The van der Waals surface area contributed by atoms with Gasteiger partial charge in [0.15, 0.2) is 0 Å². The average molecular weight is 296 g/mol. The van der Waals surface area contributed by atoms with Crippen molar-refractivity contribution in [1.82, 2.24) is 5.32 Å². The van der Waals surface area contributed by atoms with Crippen molar-refractivity contribution in [3.63, 3.8) is 0 Å². The maximum atomic E-state index is 10.9. The van der Waals surface area contributed by atoms with Gasteiger partial charge in [-0.2, -0.15) is 0 Å². The van der Waals surface area contributed by atoms with Crippen LogP contribution in [-0.4, -0.2) is 33.9 Å². The van der Waals surface area contributed by atoms with Crippen molar-refractivity contribution in [2.24, 2.45) is 5.41 Å². The molecule has 1 aromatic carbocycles. The summed E-state index contributed by atoms with van der Waals surface area (Å²) in [5.74, 6) is -0.320. The molecule has 0 saturated heterocycles. The number of carbonyl (C=O) groups is 1. The standard InChI is InChI=1S/C14H20N2O5/c1-14(2,3)12(11(8-17)15-13(18)19)9-4-6-10(7-5-9)16(20)21/h4-7,11-12,15,17H,8H2,1-3H3,(H,18,19). The van der Waals surface area contributed by atoms with Crippen molar-refractivity contribution in [2.75, 3.05) is 6.61 Å². The Kier molecular flexibility index (Phi) is 5.26. The summed E-state index contributed by atoms with van der Waals surface area (Å²) in [6.45, 7) is 5.41. The number of non-ortho nitro benzene ring substituents is 1. The summed E-state index contributed by atoms with van der Waals surface area (Å²) in [6, 6.07) is 5.26. The van der Waals surface area contributed by atoms with E-state index in [0.717, 1.165) is 5.56 Å². The number of amides is 1. The summed E-state index contributed by atoms with van der Waals surface area (Å²) in [6.07, 6.45) is -1.22. The van der Waals surface area contributed by atoms with E-state index in [1.165, 1.54) is 12.1 Å². The van der Waals surface area contributed by atoms with E-state index in [0.29, 0.717) is 0 Å². The molecule has 0 aromatic heterocycles. The minimum absolute atomic E-state index is 0.0295. The molecule has 7 nitrogen and oxygen atoms in total. The van der Waals surface area contributed by atoms with E-state index in [1.54, 1.807) is 12.1 Å². The van der Waals surface area contributed by atoms with Crippen molar-refractivity contribution >= 4 is 11.8 Å². The van der Waals surface area contributed by atoms with Crippen LogP contribution in [0.1, 0.15) is 32.3 Å². The lowest BCUT2D eigenvalue weighted by Gasteiger charge is -2.36. The summed E-state index contributed by atoms with van der Waals surface area (Å²) in [4.78, 5) is 21.1. The molecule has 0 aliphatic heterocycles. The first kappa shape index (κ1) is 16.9. The van der Waals surface area contributed by atoms with Crippen LogP contribution in [0.3, 0.4) is 0 Å². The van der Waals surface area contributed by atoms with Gasteiger partial charge in [-0.1, -0.05) is 32.9 Å². The van der Waals surface area contributed by atoms with E-state index < -0.39 is 17.1 Å². The lowest BCUT2D eigenvalue weighted by atomic mass is 9.72. The van der Waals surface area contributed by atoms with Gasteiger partial charge in [-0.25, -0.2) is 4.79 Å². The normalized spacial score (nSPS) is 14.3. The molecule has 0 aliphatic rings. The molecule has 21 heavy (non-hydrogen) atoms. The molecule has 0 aliphatic carbocycles. The smallest absolute Gasteiger partial charge is 0.404 e. The third-order valence-corrected chi connectivity index (χ3v) is 3.30. The average Bonchev–Trinajstić information content (AvgIpc) is 2.36. The molecule has 1 aromatic rings. The molecule has 0 saturated carbocycles. The zero-order valence-corrected chi connectivity index (χ0v) is 12.2. The van der Waals surface area contributed by atoms with E-state index in [9.17, 15) is 20.0 Å². The third-order valence-electron chi connectivity index (χ3n) is 3.30. The fourth-order valence-electron chi connectivity index (χ4n) is 2.53. The Hall–Kier alpha value is -2.15. The second-order valence-electron chi connectivity index (χ2n) is 5.93. The van der Waals surface area contributed by atoms with Crippen molar-refractivity contribution in [2.45, 2.75) is 32.7 Å². The fourth-order valence-corrected chi connectivity index (χ4v) is 2.53.